The van der Waals surface area contributed by atoms with Gasteiger partial charge in [-0.05, 0) is 18.2 Å². The largest absolute Gasteiger partial charge is 0.396 e. The fourth-order valence-electron chi connectivity index (χ4n) is 1.36. The van der Waals surface area contributed by atoms with Crippen LogP contribution in [0.1, 0.15) is 22.1 Å². The van der Waals surface area contributed by atoms with Gasteiger partial charge < -0.3 is 15.6 Å². The topological polar surface area (TPSA) is 94.0 Å². The number of rotatable bonds is 3. The molecule has 7 heteroatoms. The highest BCUT2D eigenvalue weighted by Gasteiger charge is 2.09. The van der Waals surface area contributed by atoms with E-state index in [0.29, 0.717) is 11.7 Å². The highest BCUT2D eigenvalue weighted by atomic mass is 19.1. The van der Waals surface area contributed by atoms with E-state index in [-0.39, 0.29) is 23.7 Å². The van der Waals surface area contributed by atoms with E-state index < -0.39 is 5.82 Å². The number of anilines is 1. The van der Waals surface area contributed by atoms with E-state index in [1.165, 1.54) is 12.1 Å². The second-order valence-corrected chi connectivity index (χ2v) is 3.65. The van der Waals surface area contributed by atoms with Gasteiger partial charge in [0.05, 0.1) is 12.2 Å². The van der Waals surface area contributed by atoms with Gasteiger partial charge in [-0.1, -0.05) is 5.16 Å². The number of aromatic nitrogens is 2. The highest BCUT2D eigenvalue weighted by Crippen LogP contribution is 2.12. The molecule has 0 saturated carbocycles. The van der Waals surface area contributed by atoms with Crippen molar-refractivity contribution in [2.45, 2.75) is 13.5 Å². The fourth-order valence-corrected chi connectivity index (χ4v) is 1.36. The maximum Gasteiger partial charge on any atom is 0.251 e. The molecule has 0 aliphatic rings. The van der Waals surface area contributed by atoms with Gasteiger partial charge in [0.25, 0.3) is 5.91 Å². The van der Waals surface area contributed by atoms with Gasteiger partial charge in [-0.15, -0.1) is 0 Å². The summed E-state index contributed by atoms with van der Waals surface area (Å²) in [5.41, 5.74) is 5.58. The van der Waals surface area contributed by atoms with Gasteiger partial charge in [0, 0.05) is 12.5 Å². The summed E-state index contributed by atoms with van der Waals surface area (Å²) in [6, 6.07) is 3.76. The summed E-state index contributed by atoms with van der Waals surface area (Å²) >= 11 is 0. The van der Waals surface area contributed by atoms with Gasteiger partial charge in [0.1, 0.15) is 5.82 Å². The number of halogens is 1. The van der Waals surface area contributed by atoms with Gasteiger partial charge in [0.15, 0.2) is 5.82 Å². The maximum atomic E-state index is 12.9. The summed E-state index contributed by atoms with van der Waals surface area (Å²) in [4.78, 5) is 15.6. The molecule has 1 aromatic carbocycles. The summed E-state index contributed by atoms with van der Waals surface area (Å²) in [5.74, 6) is -0.147. The second-order valence-electron chi connectivity index (χ2n) is 3.65. The first kappa shape index (κ1) is 12.0. The number of nitrogens with zero attached hydrogens (tertiary/aromatic N) is 2. The standard InChI is InChI=1S/C11H11FN4O2/c1-6-15-10(16-18-6)5-14-11(17)7-2-3-8(12)9(13)4-7/h2-4H,5,13H2,1H3,(H,14,17). The van der Waals surface area contributed by atoms with Crippen LogP contribution in [0.25, 0.3) is 0 Å². The molecular weight excluding hydrogens is 239 g/mol. The van der Waals surface area contributed by atoms with Crippen LogP contribution >= 0.6 is 0 Å². The summed E-state index contributed by atoms with van der Waals surface area (Å²) < 4.78 is 17.7. The van der Waals surface area contributed by atoms with Crippen LogP contribution in [0.5, 0.6) is 0 Å². The number of nitrogens with one attached hydrogen (secondary N) is 1. The fraction of sp³-hybridized carbons (Fsp3) is 0.182. The zero-order valence-electron chi connectivity index (χ0n) is 9.61. The van der Waals surface area contributed by atoms with E-state index in [1.54, 1.807) is 6.92 Å². The number of amides is 1. The Morgan fingerprint density at radius 2 is 2.33 bits per heavy atom. The number of nitrogen functional groups attached to an aromatic ring is 1. The molecule has 0 unspecified atom stereocenters. The molecule has 18 heavy (non-hydrogen) atoms. The number of nitrogens with two attached hydrogens (primary N) is 1. The molecule has 1 aromatic heterocycles. The third-order valence-electron chi connectivity index (χ3n) is 2.23. The van der Waals surface area contributed by atoms with Crippen molar-refractivity contribution >= 4 is 11.6 Å². The molecule has 3 N–H and O–H groups in total. The average molecular weight is 250 g/mol. The van der Waals surface area contributed by atoms with Crippen molar-refractivity contribution in [3.05, 3.63) is 41.3 Å². The lowest BCUT2D eigenvalue weighted by Crippen LogP contribution is -2.23. The van der Waals surface area contributed by atoms with Crippen molar-refractivity contribution in [1.29, 1.82) is 0 Å². The quantitative estimate of drug-likeness (QED) is 0.793. The van der Waals surface area contributed by atoms with Crippen molar-refractivity contribution in [1.82, 2.24) is 15.5 Å². The van der Waals surface area contributed by atoms with Crippen molar-refractivity contribution < 1.29 is 13.7 Å². The van der Waals surface area contributed by atoms with Crippen LogP contribution in [0.3, 0.4) is 0 Å². The Morgan fingerprint density at radius 3 is 2.94 bits per heavy atom. The minimum Gasteiger partial charge on any atom is -0.396 e. The van der Waals surface area contributed by atoms with E-state index in [2.05, 4.69) is 15.5 Å². The Kier molecular flexibility index (Phi) is 3.22. The second kappa shape index (κ2) is 4.82. The average Bonchev–Trinajstić information content (AvgIpc) is 2.75. The Bertz CT molecular complexity index is 582. The molecule has 0 aliphatic carbocycles. The minimum atomic E-state index is -0.555. The van der Waals surface area contributed by atoms with Crippen molar-refractivity contribution in [2.75, 3.05) is 5.73 Å². The Labute approximate surface area is 102 Å². The molecule has 2 rings (SSSR count). The lowest BCUT2D eigenvalue weighted by molar-refractivity contribution is 0.0949. The van der Waals surface area contributed by atoms with Crippen LogP contribution in [0, 0.1) is 12.7 Å². The van der Waals surface area contributed by atoms with Crippen LogP contribution in [-0.4, -0.2) is 16.0 Å². The molecule has 0 saturated heterocycles. The molecular formula is C11H11FN4O2. The van der Waals surface area contributed by atoms with Gasteiger partial charge in [0.2, 0.25) is 5.89 Å². The van der Waals surface area contributed by atoms with Crippen LogP contribution in [0.2, 0.25) is 0 Å². The number of hydrogen-bond acceptors (Lipinski definition) is 5. The molecule has 0 aliphatic heterocycles. The molecule has 1 heterocycles. The third kappa shape index (κ3) is 2.62. The van der Waals surface area contributed by atoms with Crippen molar-refractivity contribution in [3.63, 3.8) is 0 Å². The summed E-state index contributed by atoms with van der Waals surface area (Å²) in [6.45, 7) is 1.78. The van der Waals surface area contributed by atoms with E-state index in [0.717, 1.165) is 6.07 Å². The monoisotopic (exact) mass is 250 g/mol. The summed E-state index contributed by atoms with van der Waals surface area (Å²) in [7, 11) is 0. The van der Waals surface area contributed by atoms with Gasteiger partial charge in [-0.25, -0.2) is 4.39 Å². The van der Waals surface area contributed by atoms with Gasteiger partial charge in [-0.3, -0.25) is 4.79 Å². The number of aryl methyl sites for hydroxylation is 1. The first-order valence-electron chi connectivity index (χ1n) is 5.18. The molecule has 0 fully saturated rings. The molecule has 0 atom stereocenters. The van der Waals surface area contributed by atoms with Gasteiger partial charge in [-0.2, -0.15) is 4.98 Å². The molecule has 0 radical (unpaired) electrons. The predicted molar refractivity (Wildman–Crippen MR) is 61.0 cm³/mol. The van der Waals surface area contributed by atoms with E-state index >= 15 is 0 Å². The number of hydrogen-bond donors (Lipinski definition) is 2. The Morgan fingerprint density at radius 1 is 1.56 bits per heavy atom. The first-order chi connectivity index (χ1) is 8.56. The maximum absolute atomic E-state index is 12.9. The molecule has 6 nitrogen and oxygen atoms in total. The minimum absolute atomic E-state index is 0.0712. The zero-order valence-corrected chi connectivity index (χ0v) is 9.61. The smallest absolute Gasteiger partial charge is 0.251 e. The zero-order chi connectivity index (χ0) is 13.1. The predicted octanol–water partition coefficient (Wildman–Crippen LogP) is 1.03. The number of carbonyl (C=O) groups excluding carboxylic acids is 1. The van der Waals surface area contributed by atoms with Crippen LogP contribution in [-0.2, 0) is 6.54 Å². The lowest BCUT2D eigenvalue weighted by Gasteiger charge is -2.03. The molecule has 1 amide bonds. The number of benzene rings is 1. The third-order valence-corrected chi connectivity index (χ3v) is 2.23. The SMILES string of the molecule is Cc1nc(CNC(=O)c2ccc(F)c(N)c2)no1. The highest BCUT2D eigenvalue weighted by molar-refractivity contribution is 5.94. The summed E-state index contributed by atoms with van der Waals surface area (Å²) in [5, 5.41) is 6.20. The molecule has 0 spiro atoms. The van der Waals surface area contributed by atoms with Crippen LogP contribution < -0.4 is 11.1 Å². The Balaban J connectivity index is 2.01. The molecule has 2 aromatic rings. The first-order valence-corrected chi connectivity index (χ1v) is 5.18. The van der Waals surface area contributed by atoms with Crippen molar-refractivity contribution in [3.8, 4) is 0 Å². The van der Waals surface area contributed by atoms with Crippen LogP contribution in [0.15, 0.2) is 22.7 Å². The molecule has 0 bridgehead atoms. The lowest BCUT2D eigenvalue weighted by atomic mass is 10.2. The van der Waals surface area contributed by atoms with E-state index in [4.69, 9.17) is 10.3 Å². The van der Waals surface area contributed by atoms with Crippen molar-refractivity contribution in [2.24, 2.45) is 0 Å². The van der Waals surface area contributed by atoms with Gasteiger partial charge >= 0.3 is 0 Å². The molecule has 94 valence electrons. The Hall–Kier alpha value is -2.44. The number of carbonyl (C=O) groups is 1. The van der Waals surface area contributed by atoms with Crippen LogP contribution in [0.4, 0.5) is 10.1 Å². The summed E-state index contributed by atoms with van der Waals surface area (Å²) in [6.07, 6.45) is 0. The van der Waals surface area contributed by atoms with E-state index in [9.17, 15) is 9.18 Å². The van der Waals surface area contributed by atoms with E-state index in [1.807, 2.05) is 0 Å². The normalized spacial score (nSPS) is 10.3.